The molecule has 6 heteroatoms. The predicted octanol–water partition coefficient (Wildman–Crippen LogP) is 2.81. The van der Waals surface area contributed by atoms with Crippen molar-refractivity contribution in [2.75, 3.05) is 20.3 Å². The monoisotopic (exact) mass is 286 g/mol. The summed E-state index contributed by atoms with van der Waals surface area (Å²) in [4.78, 5) is 10.2. The van der Waals surface area contributed by atoms with Gasteiger partial charge >= 0.3 is 0 Å². The Kier molecular flexibility index (Phi) is 6.77. The number of ether oxygens (including phenoxy) is 1. The lowest BCUT2D eigenvalue weighted by Crippen LogP contribution is -2.33. The lowest BCUT2D eigenvalue weighted by atomic mass is 10.1. The van der Waals surface area contributed by atoms with Gasteiger partial charge in [-0.15, -0.1) is 0 Å². The minimum atomic E-state index is -0.442. The number of nitrogens with zero attached hydrogens (tertiary/aromatic N) is 1. The molecule has 19 heavy (non-hydrogen) atoms. The summed E-state index contributed by atoms with van der Waals surface area (Å²) in [6.07, 6.45) is 1.64. The maximum absolute atomic E-state index is 10.6. The number of nitro benzene ring substituents is 1. The number of halogens is 1. The fourth-order valence-corrected chi connectivity index (χ4v) is 2.19. The Hall–Kier alpha value is -1.17. The lowest BCUT2D eigenvalue weighted by Gasteiger charge is -2.17. The van der Waals surface area contributed by atoms with Crippen molar-refractivity contribution in [2.45, 2.75) is 25.8 Å². The zero-order valence-electron chi connectivity index (χ0n) is 11.2. The van der Waals surface area contributed by atoms with Gasteiger partial charge in [-0.25, -0.2) is 0 Å². The van der Waals surface area contributed by atoms with Crippen LogP contribution in [-0.2, 0) is 11.2 Å². The van der Waals surface area contributed by atoms with Gasteiger partial charge in [0, 0.05) is 25.3 Å². The number of hydrogen-bond acceptors (Lipinski definition) is 4. The minimum Gasteiger partial charge on any atom is -0.383 e. The quantitative estimate of drug-likeness (QED) is 0.589. The fraction of sp³-hybridized carbons (Fsp3) is 0.538. The van der Waals surface area contributed by atoms with Crippen molar-refractivity contribution in [2.24, 2.45) is 0 Å². The van der Waals surface area contributed by atoms with Crippen LogP contribution >= 0.6 is 11.6 Å². The number of rotatable bonds is 8. The Bertz CT molecular complexity index is 420. The van der Waals surface area contributed by atoms with E-state index in [2.05, 4.69) is 5.32 Å². The standard InChI is InChI=1S/C13H19ClN2O3/c1-3-15-11(9-19-2)6-4-10-5-7-12(16(17)18)8-13(10)14/h5,7-8,11,15H,3-4,6,9H2,1-2H3. The molecule has 1 N–H and O–H groups in total. The number of non-ortho nitro benzene ring substituents is 1. The molecule has 0 aliphatic rings. The first kappa shape index (κ1) is 15.9. The molecule has 1 aromatic carbocycles. The van der Waals surface area contributed by atoms with Crippen LogP contribution in [0, 0.1) is 10.1 Å². The van der Waals surface area contributed by atoms with Crippen LogP contribution in [0.4, 0.5) is 5.69 Å². The number of hydrogen-bond donors (Lipinski definition) is 1. The first-order chi connectivity index (χ1) is 9.08. The van der Waals surface area contributed by atoms with Crippen molar-refractivity contribution >= 4 is 17.3 Å². The van der Waals surface area contributed by atoms with Crippen molar-refractivity contribution in [3.63, 3.8) is 0 Å². The van der Waals surface area contributed by atoms with Gasteiger partial charge in [0.15, 0.2) is 0 Å². The summed E-state index contributed by atoms with van der Waals surface area (Å²) in [6.45, 7) is 3.56. The second-order valence-corrected chi connectivity index (χ2v) is 4.69. The van der Waals surface area contributed by atoms with E-state index in [0.29, 0.717) is 11.6 Å². The van der Waals surface area contributed by atoms with Crippen LogP contribution in [0.3, 0.4) is 0 Å². The maximum Gasteiger partial charge on any atom is 0.270 e. The van der Waals surface area contributed by atoms with Crippen molar-refractivity contribution in [1.29, 1.82) is 0 Å². The molecule has 106 valence electrons. The summed E-state index contributed by atoms with van der Waals surface area (Å²) in [6, 6.07) is 4.87. The number of methoxy groups -OCH3 is 1. The fourth-order valence-electron chi connectivity index (χ4n) is 1.92. The molecule has 5 nitrogen and oxygen atoms in total. The smallest absolute Gasteiger partial charge is 0.270 e. The molecule has 0 spiro atoms. The molecule has 0 amide bonds. The van der Waals surface area contributed by atoms with E-state index in [-0.39, 0.29) is 11.7 Å². The molecule has 0 radical (unpaired) electrons. The summed E-state index contributed by atoms with van der Waals surface area (Å²) < 4.78 is 5.14. The molecule has 0 heterocycles. The van der Waals surface area contributed by atoms with Crippen LogP contribution in [-0.4, -0.2) is 31.2 Å². The van der Waals surface area contributed by atoms with E-state index < -0.39 is 4.92 Å². The number of aryl methyl sites for hydroxylation is 1. The maximum atomic E-state index is 10.6. The van der Waals surface area contributed by atoms with Gasteiger partial charge in [-0.3, -0.25) is 10.1 Å². The molecule has 0 fully saturated rings. The molecule has 1 aromatic rings. The summed E-state index contributed by atoms with van der Waals surface area (Å²) in [5.41, 5.74) is 0.945. The number of likely N-dealkylation sites (N-methyl/N-ethyl adjacent to an activating group) is 1. The third kappa shape index (κ3) is 5.14. The molecular weight excluding hydrogens is 268 g/mol. The van der Waals surface area contributed by atoms with Crippen LogP contribution in [0.15, 0.2) is 18.2 Å². The van der Waals surface area contributed by atoms with Crippen molar-refractivity contribution < 1.29 is 9.66 Å². The van der Waals surface area contributed by atoms with Crippen molar-refractivity contribution in [1.82, 2.24) is 5.32 Å². The van der Waals surface area contributed by atoms with Crippen LogP contribution < -0.4 is 5.32 Å². The molecule has 0 saturated carbocycles. The molecule has 1 unspecified atom stereocenters. The van der Waals surface area contributed by atoms with Gasteiger partial charge in [0.25, 0.3) is 5.69 Å². The van der Waals surface area contributed by atoms with Gasteiger partial charge in [-0.2, -0.15) is 0 Å². The van der Waals surface area contributed by atoms with Crippen molar-refractivity contribution in [3.8, 4) is 0 Å². The highest BCUT2D eigenvalue weighted by atomic mass is 35.5. The predicted molar refractivity (Wildman–Crippen MR) is 75.8 cm³/mol. The number of nitrogens with one attached hydrogen (secondary N) is 1. The molecule has 0 aromatic heterocycles. The Morgan fingerprint density at radius 2 is 2.26 bits per heavy atom. The molecule has 0 aliphatic carbocycles. The second kappa shape index (κ2) is 8.09. The molecule has 0 aliphatic heterocycles. The molecule has 0 bridgehead atoms. The van der Waals surface area contributed by atoms with E-state index >= 15 is 0 Å². The van der Waals surface area contributed by atoms with Crippen LogP contribution in [0.5, 0.6) is 0 Å². The van der Waals surface area contributed by atoms with Gasteiger partial charge in [0.2, 0.25) is 0 Å². The normalized spacial score (nSPS) is 12.4. The third-order valence-electron chi connectivity index (χ3n) is 2.87. The van der Waals surface area contributed by atoms with E-state index in [4.69, 9.17) is 16.3 Å². The van der Waals surface area contributed by atoms with Gasteiger partial charge in [0.05, 0.1) is 16.6 Å². The highest BCUT2D eigenvalue weighted by Crippen LogP contribution is 2.23. The van der Waals surface area contributed by atoms with E-state index in [0.717, 1.165) is 24.9 Å². The first-order valence-corrected chi connectivity index (χ1v) is 6.61. The Morgan fingerprint density at radius 1 is 1.53 bits per heavy atom. The zero-order chi connectivity index (χ0) is 14.3. The average Bonchev–Trinajstić information content (AvgIpc) is 2.37. The minimum absolute atomic E-state index is 0.0221. The Morgan fingerprint density at radius 3 is 2.79 bits per heavy atom. The SMILES string of the molecule is CCNC(CCc1ccc([N+](=O)[O-])cc1Cl)COC. The molecular formula is C13H19ClN2O3. The molecule has 1 rings (SSSR count). The third-order valence-corrected chi connectivity index (χ3v) is 3.22. The zero-order valence-corrected chi connectivity index (χ0v) is 11.9. The Labute approximate surface area is 118 Å². The summed E-state index contributed by atoms with van der Waals surface area (Å²) in [7, 11) is 1.67. The molecule has 0 saturated heterocycles. The van der Waals surface area contributed by atoms with Crippen LogP contribution in [0.1, 0.15) is 18.9 Å². The van der Waals surface area contributed by atoms with Crippen LogP contribution in [0.2, 0.25) is 5.02 Å². The average molecular weight is 287 g/mol. The van der Waals surface area contributed by atoms with E-state index in [1.54, 1.807) is 13.2 Å². The van der Waals surface area contributed by atoms with Gasteiger partial charge in [0.1, 0.15) is 0 Å². The largest absolute Gasteiger partial charge is 0.383 e. The topological polar surface area (TPSA) is 64.4 Å². The Balaban J connectivity index is 2.63. The highest BCUT2D eigenvalue weighted by molar-refractivity contribution is 6.31. The summed E-state index contributed by atoms with van der Waals surface area (Å²) in [5, 5.41) is 14.4. The van der Waals surface area contributed by atoms with Gasteiger partial charge in [-0.05, 0) is 24.9 Å². The molecule has 1 atom stereocenters. The van der Waals surface area contributed by atoms with E-state index in [1.165, 1.54) is 12.1 Å². The van der Waals surface area contributed by atoms with Gasteiger partial charge < -0.3 is 10.1 Å². The van der Waals surface area contributed by atoms with E-state index in [9.17, 15) is 10.1 Å². The number of benzene rings is 1. The summed E-state index contributed by atoms with van der Waals surface area (Å²) >= 11 is 6.05. The van der Waals surface area contributed by atoms with Crippen molar-refractivity contribution in [3.05, 3.63) is 38.9 Å². The lowest BCUT2D eigenvalue weighted by molar-refractivity contribution is -0.384. The van der Waals surface area contributed by atoms with E-state index in [1.807, 2.05) is 6.92 Å². The first-order valence-electron chi connectivity index (χ1n) is 6.23. The van der Waals surface area contributed by atoms with Gasteiger partial charge in [-0.1, -0.05) is 24.6 Å². The van der Waals surface area contributed by atoms with Crippen LogP contribution in [0.25, 0.3) is 0 Å². The second-order valence-electron chi connectivity index (χ2n) is 4.28. The summed E-state index contributed by atoms with van der Waals surface area (Å²) in [5.74, 6) is 0. The number of nitro groups is 1. The highest BCUT2D eigenvalue weighted by Gasteiger charge is 2.12.